The summed E-state index contributed by atoms with van der Waals surface area (Å²) in [7, 11) is 0. The lowest BCUT2D eigenvalue weighted by atomic mass is 9.90. The molecule has 0 spiro atoms. The zero-order valence-electron chi connectivity index (χ0n) is 13.3. The minimum Gasteiger partial charge on any atom is -0.335 e. The lowest BCUT2D eigenvalue weighted by Crippen LogP contribution is -2.40. The number of benzene rings is 1. The van der Waals surface area contributed by atoms with Crippen molar-refractivity contribution >= 4 is 28.2 Å². The molecule has 1 atom stereocenters. The third-order valence-electron chi connectivity index (χ3n) is 4.23. The van der Waals surface area contributed by atoms with E-state index in [2.05, 4.69) is 11.4 Å². The van der Waals surface area contributed by atoms with Crippen LogP contribution < -0.4 is 5.32 Å². The van der Waals surface area contributed by atoms with E-state index in [1.807, 2.05) is 24.3 Å². The molecule has 0 radical (unpaired) electrons. The van der Waals surface area contributed by atoms with Crippen LogP contribution in [0.3, 0.4) is 0 Å². The van der Waals surface area contributed by atoms with Crippen molar-refractivity contribution in [3.05, 3.63) is 52.4 Å². The van der Waals surface area contributed by atoms with Crippen molar-refractivity contribution in [3.8, 4) is 6.07 Å². The molecule has 0 bridgehead atoms. The maximum atomic E-state index is 12.5. The monoisotopic (exact) mass is 339 g/mol. The fourth-order valence-electron chi connectivity index (χ4n) is 3.10. The Morgan fingerprint density at radius 3 is 2.92 bits per heavy atom. The number of anilines is 1. The first-order valence-corrected chi connectivity index (χ1v) is 8.60. The van der Waals surface area contributed by atoms with Crippen molar-refractivity contribution in [1.29, 1.82) is 5.26 Å². The van der Waals surface area contributed by atoms with Crippen molar-refractivity contribution < 1.29 is 9.59 Å². The number of nitrogens with one attached hydrogen (secondary N) is 1. The van der Waals surface area contributed by atoms with Crippen LogP contribution >= 0.6 is 11.3 Å². The van der Waals surface area contributed by atoms with Crippen LogP contribution in [-0.4, -0.2) is 23.3 Å². The van der Waals surface area contributed by atoms with Crippen molar-refractivity contribution in [3.63, 3.8) is 0 Å². The van der Waals surface area contributed by atoms with E-state index in [4.69, 9.17) is 5.26 Å². The van der Waals surface area contributed by atoms with Gasteiger partial charge in [0.2, 0.25) is 11.8 Å². The average Bonchev–Trinajstić information content (AvgIpc) is 3.01. The molecule has 0 unspecified atom stereocenters. The molecule has 0 aliphatic carbocycles. The summed E-state index contributed by atoms with van der Waals surface area (Å²) >= 11 is 1.32. The highest BCUT2D eigenvalue weighted by molar-refractivity contribution is 7.14. The summed E-state index contributed by atoms with van der Waals surface area (Å²) in [6.07, 6.45) is 0.983. The summed E-state index contributed by atoms with van der Waals surface area (Å²) in [5.74, 6) is -0.224. The average molecular weight is 339 g/mol. The molecule has 0 fully saturated rings. The first-order valence-electron chi connectivity index (χ1n) is 7.72. The van der Waals surface area contributed by atoms with Gasteiger partial charge in [0.05, 0.1) is 18.0 Å². The van der Waals surface area contributed by atoms with Gasteiger partial charge in [0, 0.05) is 13.5 Å². The highest BCUT2D eigenvalue weighted by Gasteiger charge is 2.30. The molecule has 1 N–H and O–H groups in total. The molecule has 3 rings (SSSR count). The molecule has 2 heterocycles. The molecule has 5 nitrogen and oxygen atoms in total. The summed E-state index contributed by atoms with van der Waals surface area (Å²) in [6, 6.07) is 11.4. The number of nitriles is 1. The van der Waals surface area contributed by atoms with E-state index in [1.165, 1.54) is 23.8 Å². The molecule has 6 heteroatoms. The molecular weight excluding hydrogens is 322 g/mol. The molecule has 1 aliphatic heterocycles. The van der Waals surface area contributed by atoms with E-state index in [0.717, 1.165) is 12.0 Å². The lowest BCUT2D eigenvalue weighted by Gasteiger charge is -2.36. The van der Waals surface area contributed by atoms with E-state index in [0.29, 0.717) is 17.1 Å². The summed E-state index contributed by atoms with van der Waals surface area (Å²) in [4.78, 5) is 26.2. The van der Waals surface area contributed by atoms with Crippen LogP contribution in [0.15, 0.2) is 35.7 Å². The zero-order chi connectivity index (χ0) is 17.1. The second-order valence-electron chi connectivity index (χ2n) is 5.70. The van der Waals surface area contributed by atoms with Crippen molar-refractivity contribution in [2.24, 2.45) is 0 Å². The molecule has 1 aliphatic rings. The summed E-state index contributed by atoms with van der Waals surface area (Å²) in [5, 5.41) is 14.2. The predicted molar refractivity (Wildman–Crippen MR) is 92.6 cm³/mol. The number of thiophene rings is 1. The van der Waals surface area contributed by atoms with Crippen LogP contribution in [-0.2, 0) is 16.0 Å². The van der Waals surface area contributed by atoms with Gasteiger partial charge in [-0.25, -0.2) is 0 Å². The highest BCUT2D eigenvalue weighted by atomic mass is 32.1. The third-order valence-corrected chi connectivity index (χ3v) is 5.06. The Hall–Kier alpha value is -2.65. The molecule has 0 saturated heterocycles. The number of amides is 2. The van der Waals surface area contributed by atoms with Crippen LogP contribution in [0, 0.1) is 11.3 Å². The van der Waals surface area contributed by atoms with Crippen LogP contribution in [0.1, 0.15) is 36.1 Å². The van der Waals surface area contributed by atoms with Crippen LogP contribution in [0.2, 0.25) is 0 Å². The molecular formula is C18H17N3O2S. The SMILES string of the molecule is CC(=O)N1CCc2ccccc2[C@@H]1CC(=O)Nc1sccc1C#N. The summed E-state index contributed by atoms with van der Waals surface area (Å²) in [6.45, 7) is 2.15. The number of hydrogen-bond donors (Lipinski definition) is 1. The van der Waals surface area contributed by atoms with E-state index < -0.39 is 0 Å². The van der Waals surface area contributed by atoms with Crippen LogP contribution in [0.25, 0.3) is 0 Å². The normalized spacial score (nSPS) is 16.2. The fourth-order valence-corrected chi connectivity index (χ4v) is 3.85. The number of nitrogens with zero attached hydrogens (tertiary/aromatic N) is 2. The van der Waals surface area contributed by atoms with E-state index in [-0.39, 0.29) is 24.3 Å². The molecule has 2 aromatic rings. The smallest absolute Gasteiger partial charge is 0.227 e. The number of hydrogen-bond acceptors (Lipinski definition) is 4. The molecule has 0 saturated carbocycles. The van der Waals surface area contributed by atoms with Gasteiger partial charge in [-0.1, -0.05) is 24.3 Å². The first kappa shape index (κ1) is 16.2. The van der Waals surface area contributed by atoms with Crippen molar-refractivity contribution in [1.82, 2.24) is 4.90 Å². The Labute approximate surface area is 144 Å². The summed E-state index contributed by atoms with van der Waals surface area (Å²) in [5.41, 5.74) is 2.67. The molecule has 24 heavy (non-hydrogen) atoms. The lowest BCUT2D eigenvalue weighted by molar-refractivity contribution is -0.132. The third kappa shape index (κ3) is 3.17. The van der Waals surface area contributed by atoms with E-state index >= 15 is 0 Å². The number of carbonyl (C=O) groups excluding carboxylic acids is 2. The van der Waals surface area contributed by atoms with E-state index in [1.54, 1.807) is 16.3 Å². The van der Waals surface area contributed by atoms with Gasteiger partial charge < -0.3 is 10.2 Å². The molecule has 1 aromatic carbocycles. The van der Waals surface area contributed by atoms with Gasteiger partial charge >= 0.3 is 0 Å². The number of carbonyl (C=O) groups is 2. The standard InChI is InChI=1S/C18H17N3O2S/c1-12(22)21-8-6-13-4-2-3-5-15(13)16(21)10-17(23)20-18-14(11-19)7-9-24-18/h2-5,7,9,16H,6,8,10H2,1H3,(H,20,23)/t16-/m0/s1. The second kappa shape index (κ2) is 6.85. The van der Waals surface area contributed by atoms with Gasteiger partial charge in [-0.15, -0.1) is 11.3 Å². The Balaban J connectivity index is 1.82. The van der Waals surface area contributed by atoms with Gasteiger partial charge in [-0.2, -0.15) is 5.26 Å². The maximum Gasteiger partial charge on any atom is 0.227 e. The van der Waals surface area contributed by atoms with E-state index in [9.17, 15) is 9.59 Å². The van der Waals surface area contributed by atoms with Gasteiger partial charge in [-0.05, 0) is 29.0 Å². The minimum atomic E-state index is -0.266. The minimum absolute atomic E-state index is 0.0314. The second-order valence-corrected chi connectivity index (χ2v) is 6.62. The van der Waals surface area contributed by atoms with Gasteiger partial charge in [-0.3, -0.25) is 9.59 Å². The largest absolute Gasteiger partial charge is 0.335 e. The van der Waals surface area contributed by atoms with Gasteiger partial charge in [0.15, 0.2) is 0 Å². The van der Waals surface area contributed by atoms with Crippen LogP contribution in [0.5, 0.6) is 0 Å². The zero-order valence-corrected chi connectivity index (χ0v) is 14.1. The van der Waals surface area contributed by atoms with Crippen LogP contribution in [0.4, 0.5) is 5.00 Å². The van der Waals surface area contributed by atoms with Gasteiger partial charge in [0.25, 0.3) is 0 Å². The topological polar surface area (TPSA) is 73.2 Å². The first-order chi connectivity index (χ1) is 11.6. The highest BCUT2D eigenvalue weighted by Crippen LogP contribution is 2.33. The number of rotatable bonds is 3. The maximum absolute atomic E-state index is 12.5. The Morgan fingerprint density at radius 1 is 1.38 bits per heavy atom. The molecule has 122 valence electrons. The van der Waals surface area contributed by atoms with Crippen molar-refractivity contribution in [2.75, 3.05) is 11.9 Å². The number of fused-ring (bicyclic) bond motifs is 1. The quantitative estimate of drug-likeness (QED) is 0.934. The van der Waals surface area contributed by atoms with Crippen molar-refractivity contribution in [2.45, 2.75) is 25.8 Å². The fraction of sp³-hybridized carbons (Fsp3) is 0.278. The Bertz CT molecular complexity index is 822. The predicted octanol–water partition coefficient (Wildman–Crippen LogP) is 3.09. The Kier molecular flexibility index (Phi) is 4.63. The van der Waals surface area contributed by atoms with Gasteiger partial charge in [0.1, 0.15) is 11.1 Å². The molecule has 2 amide bonds. The molecule has 1 aromatic heterocycles. The summed E-state index contributed by atoms with van der Waals surface area (Å²) < 4.78 is 0. The Morgan fingerprint density at radius 2 is 2.17 bits per heavy atom.